The summed E-state index contributed by atoms with van der Waals surface area (Å²) in [6.07, 6.45) is 3.15. The molecule has 0 bridgehead atoms. The molecule has 0 aromatic carbocycles. The number of carbonyl (C=O) groups is 1. The van der Waals surface area contributed by atoms with E-state index in [1.54, 1.807) is 12.1 Å². The summed E-state index contributed by atoms with van der Waals surface area (Å²) in [6, 6.07) is 8.88. The third-order valence-electron chi connectivity index (χ3n) is 4.70. The van der Waals surface area contributed by atoms with Crippen LogP contribution in [0.1, 0.15) is 18.7 Å². The van der Waals surface area contributed by atoms with Gasteiger partial charge in [0, 0.05) is 19.3 Å². The van der Waals surface area contributed by atoms with E-state index in [0.29, 0.717) is 30.9 Å². The van der Waals surface area contributed by atoms with Crippen LogP contribution in [0.25, 0.3) is 5.65 Å². The van der Waals surface area contributed by atoms with Gasteiger partial charge in [0.05, 0.1) is 16.2 Å². The molecule has 3 aromatic heterocycles. The van der Waals surface area contributed by atoms with Crippen molar-refractivity contribution in [2.45, 2.75) is 23.6 Å². The Morgan fingerprint density at radius 1 is 1.29 bits per heavy atom. The average Bonchev–Trinajstić information content (AvgIpc) is 3.33. The summed E-state index contributed by atoms with van der Waals surface area (Å²) in [5, 5.41) is 11.0. The van der Waals surface area contributed by atoms with Crippen molar-refractivity contribution in [3.8, 4) is 0 Å². The Bertz CT molecular complexity index is 1110. The highest BCUT2D eigenvalue weighted by atomic mass is 79.9. The van der Waals surface area contributed by atoms with E-state index >= 15 is 0 Å². The Kier molecular flexibility index (Phi) is 5.50. The van der Waals surface area contributed by atoms with Gasteiger partial charge in [0.25, 0.3) is 10.0 Å². The number of piperidine rings is 1. The van der Waals surface area contributed by atoms with Crippen molar-refractivity contribution in [3.63, 3.8) is 0 Å². The van der Waals surface area contributed by atoms with Crippen LogP contribution in [0.4, 0.5) is 0 Å². The minimum Gasteiger partial charge on any atom is -0.349 e. The van der Waals surface area contributed by atoms with Crippen molar-refractivity contribution in [3.05, 3.63) is 46.1 Å². The molecule has 1 aliphatic heterocycles. The first-order valence-electron chi connectivity index (χ1n) is 8.77. The maximum absolute atomic E-state index is 12.8. The molecule has 0 unspecified atom stereocenters. The van der Waals surface area contributed by atoms with E-state index in [-0.39, 0.29) is 29.1 Å². The van der Waals surface area contributed by atoms with Gasteiger partial charge in [-0.25, -0.2) is 8.42 Å². The lowest BCUT2D eigenvalue weighted by Crippen LogP contribution is -2.45. The number of nitrogens with zero attached hydrogens (tertiary/aromatic N) is 4. The van der Waals surface area contributed by atoms with Crippen LogP contribution < -0.4 is 5.32 Å². The smallest absolute Gasteiger partial charge is 0.252 e. The van der Waals surface area contributed by atoms with Gasteiger partial charge in [-0.3, -0.25) is 9.20 Å². The number of pyridine rings is 1. The molecule has 28 heavy (non-hydrogen) atoms. The molecule has 11 heteroatoms. The van der Waals surface area contributed by atoms with E-state index in [0.717, 1.165) is 3.79 Å². The summed E-state index contributed by atoms with van der Waals surface area (Å²) in [6.45, 7) is 0.853. The third-order valence-corrected chi connectivity index (χ3v) is 8.66. The number of halogens is 1. The number of sulfonamides is 1. The van der Waals surface area contributed by atoms with Crippen molar-refractivity contribution in [1.82, 2.24) is 24.2 Å². The van der Waals surface area contributed by atoms with Crippen LogP contribution in [0.5, 0.6) is 0 Å². The molecule has 1 amide bonds. The lowest BCUT2D eigenvalue weighted by atomic mass is 9.99. The predicted molar refractivity (Wildman–Crippen MR) is 108 cm³/mol. The van der Waals surface area contributed by atoms with Gasteiger partial charge in [-0.2, -0.15) is 4.31 Å². The topological polar surface area (TPSA) is 96.7 Å². The fraction of sp³-hybridized carbons (Fsp3) is 0.353. The molecule has 148 valence electrons. The molecule has 8 nitrogen and oxygen atoms in total. The highest BCUT2D eigenvalue weighted by Gasteiger charge is 2.34. The van der Waals surface area contributed by atoms with Crippen LogP contribution in [0, 0.1) is 5.92 Å². The largest absolute Gasteiger partial charge is 0.349 e. The molecule has 0 saturated carbocycles. The maximum atomic E-state index is 12.8. The minimum atomic E-state index is -3.58. The van der Waals surface area contributed by atoms with Gasteiger partial charge in [-0.1, -0.05) is 6.07 Å². The Morgan fingerprint density at radius 2 is 2.14 bits per heavy atom. The fourth-order valence-corrected chi connectivity index (χ4v) is 6.95. The number of amides is 1. The summed E-state index contributed by atoms with van der Waals surface area (Å²) < 4.78 is 29.9. The number of fused-ring (bicyclic) bond motifs is 1. The summed E-state index contributed by atoms with van der Waals surface area (Å²) in [4.78, 5) is 12.6. The van der Waals surface area contributed by atoms with Crippen LogP contribution in [0.15, 0.2) is 44.5 Å². The van der Waals surface area contributed by atoms with Gasteiger partial charge in [0.2, 0.25) is 5.91 Å². The molecular weight excluding hydrogens is 466 g/mol. The molecule has 1 saturated heterocycles. The van der Waals surface area contributed by atoms with Gasteiger partial charge in [-0.05, 0) is 53.0 Å². The monoisotopic (exact) mass is 483 g/mol. The number of hydrogen-bond donors (Lipinski definition) is 1. The van der Waals surface area contributed by atoms with E-state index in [9.17, 15) is 13.2 Å². The van der Waals surface area contributed by atoms with Crippen molar-refractivity contribution in [2.24, 2.45) is 5.92 Å². The number of thiophene rings is 1. The number of nitrogens with one attached hydrogen (secondary N) is 1. The quantitative estimate of drug-likeness (QED) is 0.600. The summed E-state index contributed by atoms with van der Waals surface area (Å²) >= 11 is 4.47. The van der Waals surface area contributed by atoms with Crippen LogP contribution >= 0.6 is 27.3 Å². The van der Waals surface area contributed by atoms with Crippen molar-refractivity contribution >= 4 is 48.8 Å². The SMILES string of the molecule is O=C(NCc1nnc2ccccn12)[C@@H]1CCCN(S(=O)(=O)c2ccc(Br)s2)C1. The molecule has 4 rings (SSSR count). The molecule has 0 radical (unpaired) electrons. The van der Waals surface area contributed by atoms with Gasteiger partial charge in [0.15, 0.2) is 11.5 Å². The molecular formula is C17H18BrN5O3S2. The average molecular weight is 484 g/mol. The standard InChI is InChI=1S/C17H18BrN5O3S2/c18-13-6-7-16(27-13)28(25,26)22-8-3-4-12(11-22)17(24)19-10-15-21-20-14-5-1-2-9-23(14)15/h1-2,5-7,9,12H,3-4,8,10-11H2,(H,19,24)/t12-/m1/s1. The normalized spacial score (nSPS) is 18.4. The minimum absolute atomic E-state index is 0.167. The third kappa shape index (κ3) is 3.84. The van der Waals surface area contributed by atoms with Crippen molar-refractivity contribution < 1.29 is 13.2 Å². The van der Waals surface area contributed by atoms with Gasteiger partial charge in [-0.15, -0.1) is 21.5 Å². The molecule has 3 aromatic rings. The zero-order chi connectivity index (χ0) is 19.7. The zero-order valence-corrected chi connectivity index (χ0v) is 18.0. The van der Waals surface area contributed by atoms with E-state index < -0.39 is 10.0 Å². The molecule has 0 aliphatic carbocycles. The molecule has 1 atom stereocenters. The zero-order valence-electron chi connectivity index (χ0n) is 14.8. The van der Waals surface area contributed by atoms with Gasteiger partial charge < -0.3 is 5.32 Å². The first kappa shape index (κ1) is 19.5. The second-order valence-electron chi connectivity index (χ2n) is 6.52. The molecule has 4 heterocycles. The maximum Gasteiger partial charge on any atom is 0.252 e. The van der Waals surface area contributed by atoms with Crippen LogP contribution in [0.2, 0.25) is 0 Å². The first-order valence-corrected chi connectivity index (χ1v) is 11.8. The summed E-state index contributed by atoms with van der Waals surface area (Å²) in [5.41, 5.74) is 0.712. The lowest BCUT2D eigenvalue weighted by molar-refractivity contribution is -0.126. The predicted octanol–water partition coefficient (Wildman–Crippen LogP) is 2.27. The van der Waals surface area contributed by atoms with Crippen LogP contribution in [-0.4, -0.2) is 46.3 Å². The van der Waals surface area contributed by atoms with E-state index in [1.807, 2.05) is 28.8 Å². The van der Waals surface area contributed by atoms with Crippen LogP contribution in [0.3, 0.4) is 0 Å². The molecule has 1 N–H and O–H groups in total. The summed E-state index contributed by atoms with van der Waals surface area (Å²) in [7, 11) is -3.58. The Morgan fingerprint density at radius 3 is 2.93 bits per heavy atom. The highest BCUT2D eigenvalue weighted by Crippen LogP contribution is 2.30. The second kappa shape index (κ2) is 7.90. The Balaban J connectivity index is 1.42. The van der Waals surface area contributed by atoms with E-state index in [2.05, 4.69) is 31.4 Å². The Hall–Kier alpha value is -1.82. The number of carbonyl (C=O) groups excluding carboxylic acids is 1. The molecule has 0 spiro atoms. The number of hydrogen-bond acceptors (Lipinski definition) is 6. The van der Waals surface area contributed by atoms with E-state index in [4.69, 9.17) is 0 Å². The van der Waals surface area contributed by atoms with Gasteiger partial charge >= 0.3 is 0 Å². The van der Waals surface area contributed by atoms with Crippen molar-refractivity contribution in [1.29, 1.82) is 0 Å². The van der Waals surface area contributed by atoms with Crippen LogP contribution in [-0.2, 0) is 21.4 Å². The first-order chi connectivity index (χ1) is 13.4. The number of rotatable bonds is 5. The second-order valence-corrected chi connectivity index (χ2v) is 11.2. The molecule has 1 aliphatic rings. The lowest BCUT2D eigenvalue weighted by Gasteiger charge is -2.30. The number of aromatic nitrogens is 3. The van der Waals surface area contributed by atoms with E-state index in [1.165, 1.54) is 15.6 Å². The van der Waals surface area contributed by atoms with Crippen molar-refractivity contribution in [2.75, 3.05) is 13.1 Å². The Labute approximate surface area is 174 Å². The highest BCUT2D eigenvalue weighted by molar-refractivity contribution is 9.11. The molecule has 1 fully saturated rings. The summed E-state index contributed by atoms with van der Waals surface area (Å²) in [5.74, 6) is 0.0822. The van der Waals surface area contributed by atoms with Gasteiger partial charge in [0.1, 0.15) is 4.21 Å². The fourth-order valence-electron chi connectivity index (χ4n) is 3.26.